The highest BCUT2D eigenvalue weighted by molar-refractivity contribution is 6.04. The Hall–Kier alpha value is -2.37. The summed E-state index contributed by atoms with van der Waals surface area (Å²) in [6, 6.07) is 15.2. The second-order valence-electron chi connectivity index (χ2n) is 6.75. The quantitative estimate of drug-likeness (QED) is 0.737. The zero-order chi connectivity index (χ0) is 18.4. The summed E-state index contributed by atoms with van der Waals surface area (Å²) in [5.41, 5.74) is 3.27. The lowest BCUT2D eigenvalue weighted by molar-refractivity contribution is -0.120. The number of halogens is 1. The van der Waals surface area contributed by atoms with Gasteiger partial charge in [-0.05, 0) is 44.0 Å². The first-order valence-corrected chi connectivity index (χ1v) is 9.08. The molecule has 0 bridgehead atoms. The summed E-state index contributed by atoms with van der Waals surface area (Å²) in [7, 11) is 0. The fourth-order valence-corrected chi connectivity index (χ4v) is 3.08. The van der Waals surface area contributed by atoms with Crippen molar-refractivity contribution >= 4 is 29.9 Å². The standard InChI is InChI=1S/C21H25N3O2.ClH/c1-15-8-10-16(11-9-15)13-23-21(26)18-6-2-3-7-19(18)24-20(25)17-5-4-12-22-14-17;/h2-3,6-11,17,22H,4-5,12-14H2,1H3,(H,23,26)(H,24,25);1H. The van der Waals surface area contributed by atoms with Crippen LogP contribution in [0.2, 0.25) is 0 Å². The van der Waals surface area contributed by atoms with E-state index in [0.717, 1.165) is 24.9 Å². The molecule has 27 heavy (non-hydrogen) atoms. The molecule has 3 N–H and O–H groups in total. The molecule has 1 unspecified atom stereocenters. The summed E-state index contributed by atoms with van der Waals surface area (Å²) in [6.45, 7) is 4.13. The van der Waals surface area contributed by atoms with Gasteiger partial charge in [-0.3, -0.25) is 9.59 Å². The minimum atomic E-state index is -0.191. The van der Waals surface area contributed by atoms with Crippen LogP contribution < -0.4 is 16.0 Å². The fraction of sp³-hybridized carbons (Fsp3) is 0.333. The van der Waals surface area contributed by atoms with Gasteiger partial charge in [0.25, 0.3) is 5.91 Å². The molecule has 0 saturated carbocycles. The zero-order valence-electron chi connectivity index (χ0n) is 15.5. The number of para-hydroxylation sites is 1. The van der Waals surface area contributed by atoms with E-state index in [0.29, 0.717) is 24.3 Å². The van der Waals surface area contributed by atoms with Crippen LogP contribution in [0.5, 0.6) is 0 Å². The van der Waals surface area contributed by atoms with Crippen LogP contribution in [0, 0.1) is 12.8 Å². The van der Waals surface area contributed by atoms with E-state index in [4.69, 9.17) is 0 Å². The number of rotatable bonds is 5. The van der Waals surface area contributed by atoms with Gasteiger partial charge in [0.05, 0.1) is 17.2 Å². The minimum Gasteiger partial charge on any atom is -0.348 e. The van der Waals surface area contributed by atoms with Crippen molar-refractivity contribution in [1.82, 2.24) is 10.6 Å². The number of carbonyl (C=O) groups excluding carboxylic acids is 2. The second-order valence-corrected chi connectivity index (χ2v) is 6.75. The number of benzene rings is 2. The number of aryl methyl sites for hydroxylation is 1. The van der Waals surface area contributed by atoms with E-state index in [1.807, 2.05) is 37.3 Å². The highest BCUT2D eigenvalue weighted by atomic mass is 35.5. The summed E-state index contributed by atoms with van der Waals surface area (Å²) in [5.74, 6) is -0.272. The molecule has 0 spiro atoms. The largest absolute Gasteiger partial charge is 0.348 e. The molecule has 3 rings (SSSR count). The lowest BCUT2D eigenvalue weighted by Gasteiger charge is -2.22. The SMILES string of the molecule is Cc1ccc(CNC(=O)c2ccccc2NC(=O)C2CCCNC2)cc1.Cl. The maximum Gasteiger partial charge on any atom is 0.253 e. The third-order valence-corrected chi connectivity index (χ3v) is 4.67. The predicted octanol–water partition coefficient (Wildman–Crippen LogP) is 3.28. The topological polar surface area (TPSA) is 70.2 Å². The Kier molecular flexibility index (Phi) is 7.82. The number of nitrogens with one attached hydrogen (secondary N) is 3. The first kappa shape index (κ1) is 20.9. The Balaban J connectivity index is 0.00000261. The number of piperidine rings is 1. The minimum absolute atomic E-state index is 0. The fourth-order valence-electron chi connectivity index (χ4n) is 3.08. The monoisotopic (exact) mass is 387 g/mol. The van der Waals surface area contributed by atoms with E-state index < -0.39 is 0 Å². The Labute approximate surface area is 166 Å². The van der Waals surface area contributed by atoms with Crippen LogP contribution in [0.1, 0.15) is 34.3 Å². The Morgan fingerprint density at radius 2 is 1.85 bits per heavy atom. The molecule has 0 aliphatic carbocycles. The van der Waals surface area contributed by atoms with E-state index in [2.05, 4.69) is 16.0 Å². The number of hydrogen-bond acceptors (Lipinski definition) is 3. The van der Waals surface area contributed by atoms with Crippen LogP contribution >= 0.6 is 12.4 Å². The van der Waals surface area contributed by atoms with Crippen molar-refractivity contribution in [3.8, 4) is 0 Å². The van der Waals surface area contributed by atoms with Crippen LogP contribution in [0.25, 0.3) is 0 Å². The molecule has 2 aromatic carbocycles. The molecule has 1 aliphatic rings. The first-order chi connectivity index (χ1) is 12.6. The van der Waals surface area contributed by atoms with E-state index in [9.17, 15) is 9.59 Å². The van der Waals surface area contributed by atoms with Gasteiger partial charge in [-0.25, -0.2) is 0 Å². The summed E-state index contributed by atoms with van der Waals surface area (Å²) >= 11 is 0. The first-order valence-electron chi connectivity index (χ1n) is 9.08. The molecule has 2 amide bonds. The highest BCUT2D eigenvalue weighted by Crippen LogP contribution is 2.18. The lowest BCUT2D eigenvalue weighted by Crippen LogP contribution is -2.37. The highest BCUT2D eigenvalue weighted by Gasteiger charge is 2.22. The maximum atomic E-state index is 12.6. The summed E-state index contributed by atoms with van der Waals surface area (Å²) in [6.07, 6.45) is 1.87. The average Bonchev–Trinajstić information content (AvgIpc) is 2.68. The van der Waals surface area contributed by atoms with Crippen molar-refractivity contribution in [2.45, 2.75) is 26.3 Å². The molecule has 1 aliphatic heterocycles. The molecule has 144 valence electrons. The molecule has 0 radical (unpaired) electrons. The number of hydrogen-bond donors (Lipinski definition) is 3. The van der Waals surface area contributed by atoms with Crippen LogP contribution in [-0.2, 0) is 11.3 Å². The summed E-state index contributed by atoms with van der Waals surface area (Å²) in [5, 5.41) is 9.09. The Morgan fingerprint density at radius 1 is 1.11 bits per heavy atom. The molecule has 5 nitrogen and oxygen atoms in total. The molecule has 1 heterocycles. The molecule has 1 fully saturated rings. The van der Waals surface area contributed by atoms with Crippen LogP contribution in [0.4, 0.5) is 5.69 Å². The van der Waals surface area contributed by atoms with Crippen molar-refractivity contribution < 1.29 is 9.59 Å². The number of amides is 2. The van der Waals surface area contributed by atoms with Gasteiger partial charge in [0.1, 0.15) is 0 Å². The third-order valence-electron chi connectivity index (χ3n) is 4.67. The van der Waals surface area contributed by atoms with Gasteiger partial charge in [0, 0.05) is 13.1 Å². The van der Waals surface area contributed by atoms with Gasteiger partial charge in [0.2, 0.25) is 5.91 Å². The molecule has 0 aromatic heterocycles. The Bertz CT molecular complexity index is 771. The van der Waals surface area contributed by atoms with Gasteiger partial charge >= 0.3 is 0 Å². The van der Waals surface area contributed by atoms with Gasteiger partial charge in [-0.2, -0.15) is 0 Å². The normalized spacial score (nSPS) is 16.1. The average molecular weight is 388 g/mol. The van der Waals surface area contributed by atoms with E-state index in [1.54, 1.807) is 18.2 Å². The van der Waals surface area contributed by atoms with E-state index in [-0.39, 0.29) is 30.1 Å². The van der Waals surface area contributed by atoms with Gasteiger partial charge in [-0.15, -0.1) is 12.4 Å². The van der Waals surface area contributed by atoms with Crippen molar-refractivity contribution in [2.75, 3.05) is 18.4 Å². The molecular formula is C21H26ClN3O2. The van der Waals surface area contributed by atoms with Crippen molar-refractivity contribution in [3.63, 3.8) is 0 Å². The number of anilines is 1. The van der Waals surface area contributed by atoms with Crippen LogP contribution in [0.15, 0.2) is 48.5 Å². The summed E-state index contributed by atoms with van der Waals surface area (Å²) < 4.78 is 0. The van der Waals surface area contributed by atoms with Crippen molar-refractivity contribution in [3.05, 3.63) is 65.2 Å². The molecule has 6 heteroatoms. The molecule has 2 aromatic rings. The maximum absolute atomic E-state index is 12.6. The zero-order valence-corrected chi connectivity index (χ0v) is 16.3. The third kappa shape index (κ3) is 5.81. The Morgan fingerprint density at radius 3 is 2.56 bits per heavy atom. The van der Waals surface area contributed by atoms with Gasteiger partial charge < -0.3 is 16.0 Å². The van der Waals surface area contributed by atoms with Gasteiger partial charge in [0.15, 0.2) is 0 Å². The van der Waals surface area contributed by atoms with Crippen molar-refractivity contribution in [1.29, 1.82) is 0 Å². The molecular weight excluding hydrogens is 362 g/mol. The molecule has 1 saturated heterocycles. The van der Waals surface area contributed by atoms with Crippen LogP contribution in [0.3, 0.4) is 0 Å². The lowest BCUT2D eigenvalue weighted by atomic mass is 9.98. The van der Waals surface area contributed by atoms with Crippen LogP contribution in [-0.4, -0.2) is 24.9 Å². The molecule has 1 atom stereocenters. The van der Waals surface area contributed by atoms with Crippen molar-refractivity contribution in [2.24, 2.45) is 5.92 Å². The van der Waals surface area contributed by atoms with Gasteiger partial charge in [-0.1, -0.05) is 42.0 Å². The summed E-state index contributed by atoms with van der Waals surface area (Å²) in [4.78, 5) is 25.1. The van der Waals surface area contributed by atoms with E-state index in [1.165, 1.54) is 5.56 Å². The predicted molar refractivity (Wildman–Crippen MR) is 110 cm³/mol. The smallest absolute Gasteiger partial charge is 0.253 e. The van der Waals surface area contributed by atoms with E-state index >= 15 is 0 Å². The second kappa shape index (κ2) is 10.1. The number of carbonyl (C=O) groups is 2.